The van der Waals surface area contributed by atoms with Crippen molar-refractivity contribution >= 4 is 71.2 Å². The SMILES string of the molecule is CC(C)(C)c1cc(-c2cccc3cccc(-c4ccccc4N(c4ccc5c(c4)c4ccccc4n5-c4ccccc4)c4ccccc4-c4cccc5c4ccc4ccccc45)c23)cc(C(C)(C)C)c1. The summed E-state index contributed by atoms with van der Waals surface area (Å²) in [6, 6.07) is 85.7. The third-order valence-electron chi connectivity index (χ3n) is 14.5. The van der Waals surface area contributed by atoms with E-state index in [0.29, 0.717) is 0 Å². The van der Waals surface area contributed by atoms with Crippen LogP contribution >= 0.6 is 0 Å². The number of fused-ring (bicyclic) bond motifs is 7. The first-order valence-electron chi connectivity index (χ1n) is 24.7. The molecule has 1 aromatic heterocycles. The summed E-state index contributed by atoms with van der Waals surface area (Å²) in [5.41, 5.74) is 16.7. The van der Waals surface area contributed by atoms with Gasteiger partial charge in [-0.1, -0.05) is 224 Å². The molecule has 0 bridgehead atoms. The number of benzene rings is 11. The largest absolute Gasteiger partial charge is 0.309 e. The fourth-order valence-electron chi connectivity index (χ4n) is 10.9. The van der Waals surface area contributed by atoms with E-state index in [-0.39, 0.29) is 10.8 Å². The monoisotopic (exact) mass is 900 g/mol. The lowest BCUT2D eigenvalue weighted by atomic mass is 9.78. The second-order valence-electron chi connectivity index (χ2n) is 21.0. The van der Waals surface area contributed by atoms with Gasteiger partial charge in [-0.05, 0) is 125 Å². The summed E-state index contributed by atoms with van der Waals surface area (Å²) in [6.07, 6.45) is 0. The molecule has 0 amide bonds. The van der Waals surface area contributed by atoms with Crippen molar-refractivity contribution in [2.75, 3.05) is 4.90 Å². The highest BCUT2D eigenvalue weighted by Gasteiger charge is 2.26. The second kappa shape index (κ2) is 16.8. The highest BCUT2D eigenvalue weighted by molar-refractivity contribution is 6.15. The van der Waals surface area contributed by atoms with Crippen molar-refractivity contribution < 1.29 is 0 Å². The maximum atomic E-state index is 2.53. The van der Waals surface area contributed by atoms with Gasteiger partial charge < -0.3 is 9.47 Å². The lowest BCUT2D eigenvalue weighted by molar-refractivity contribution is 0.569. The summed E-state index contributed by atoms with van der Waals surface area (Å²) in [5.74, 6) is 0. The van der Waals surface area contributed by atoms with Crippen LogP contribution in [0.1, 0.15) is 52.7 Å². The number of hydrogen-bond acceptors (Lipinski definition) is 1. The molecule has 0 N–H and O–H groups in total. The number of rotatable bonds is 7. The molecule has 0 saturated heterocycles. The lowest BCUT2D eigenvalue weighted by Crippen LogP contribution is -2.16. The van der Waals surface area contributed by atoms with Crippen LogP contribution in [0.15, 0.2) is 231 Å². The van der Waals surface area contributed by atoms with Crippen LogP contribution in [0, 0.1) is 0 Å². The summed E-state index contributed by atoms with van der Waals surface area (Å²) in [5, 5.41) is 9.87. The number of para-hydroxylation sites is 4. The Kier molecular flexibility index (Phi) is 10.3. The highest BCUT2D eigenvalue weighted by Crippen LogP contribution is 2.49. The maximum Gasteiger partial charge on any atom is 0.0542 e. The summed E-state index contributed by atoms with van der Waals surface area (Å²) >= 11 is 0. The van der Waals surface area contributed by atoms with Crippen LogP contribution < -0.4 is 4.90 Å². The van der Waals surface area contributed by atoms with Gasteiger partial charge in [0, 0.05) is 33.3 Å². The van der Waals surface area contributed by atoms with Gasteiger partial charge in [0.25, 0.3) is 0 Å². The van der Waals surface area contributed by atoms with Crippen molar-refractivity contribution in [3.63, 3.8) is 0 Å². The van der Waals surface area contributed by atoms with Crippen LogP contribution in [0.2, 0.25) is 0 Å². The van der Waals surface area contributed by atoms with Crippen LogP contribution in [0.5, 0.6) is 0 Å². The molecule has 0 atom stereocenters. The highest BCUT2D eigenvalue weighted by atomic mass is 15.1. The molecule has 2 heteroatoms. The Morgan fingerprint density at radius 2 is 0.857 bits per heavy atom. The van der Waals surface area contributed by atoms with E-state index in [2.05, 4.69) is 282 Å². The van der Waals surface area contributed by atoms with Gasteiger partial charge in [0.2, 0.25) is 0 Å². The van der Waals surface area contributed by atoms with Gasteiger partial charge in [0.1, 0.15) is 0 Å². The van der Waals surface area contributed by atoms with Gasteiger partial charge in [-0.15, -0.1) is 0 Å². The van der Waals surface area contributed by atoms with Crippen LogP contribution in [0.25, 0.3) is 93.2 Å². The predicted molar refractivity (Wildman–Crippen MR) is 302 cm³/mol. The van der Waals surface area contributed by atoms with Gasteiger partial charge in [-0.25, -0.2) is 0 Å². The Balaban J connectivity index is 1.14. The Bertz CT molecular complexity index is 3930. The van der Waals surface area contributed by atoms with Crippen molar-refractivity contribution in [3.8, 4) is 39.1 Å². The van der Waals surface area contributed by atoms with Crippen molar-refractivity contribution in [2.45, 2.75) is 52.4 Å². The van der Waals surface area contributed by atoms with Crippen molar-refractivity contribution in [2.24, 2.45) is 0 Å². The molecule has 2 nitrogen and oxygen atoms in total. The Morgan fingerprint density at radius 1 is 0.329 bits per heavy atom. The zero-order chi connectivity index (χ0) is 47.7. The number of nitrogens with zero attached hydrogens (tertiary/aromatic N) is 2. The Morgan fingerprint density at radius 3 is 1.57 bits per heavy atom. The van der Waals surface area contributed by atoms with E-state index in [9.17, 15) is 0 Å². The van der Waals surface area contributed by atoms with Crippen molar-refractivity contribution in [1.82, 2.24) is 4.57 Å². The Hall–Kier alpha value is -8.20. The van der Waals surface area contributed by atoms with E-state index in [0.717, 1.165) is 33.9 Å². The molecule has 0 aliphatic heterocycles. The minimum absolute atomic E-state index is 0.0183. The summed E-state index contributed by atoms with van der Waals surface area (Å²) in [4.78, 5) is 2.53. The molecule has 12 aromatic rings. The third kappa shape index (κ3) is 7.34. The van der Waals surface area contributed by atoms with E-state index < -0.39 is 0 Å². The summed E-state index contributed by atoms with van der Waals surface area (Å²) in [7, 11) is 0. The third-order valence-corrected chi connectivity index (χ3v) is 14.5. The fraction of sp³-hybridized carbons (Fsp3) is 0.118. The van der Waals surface area contributed by atoms with Crippen molar-refractivity contribution in [1.29, 1.82) is 0 Å². The van der Waals surface area contributed by atoms with Crippen LogP contribution in [0.4, 0.5) is 17.1 Å². The van der Waals surface area contributed by atoms with Gasteiger partial charge in [0.05, 0.1) is 22.4 Å². The number of anilines is 3. The lowest BCUT2D eigenvalue weighted by Gasteiger charge is -2.31. The quantitative estimate of drug-likeness (QED) is 0.145. The zero-order valence-corrected chi connectivity index (χ0v) is 40.8. The average Bonchev–Trinajstić information content (AvgIpc) is 3.72. The zero-order valence-electron chi connectivity index (χ0n) is 40.8. The normalized spacial score (nSPS) is 12.1. The molecular weight excluding hydrogens is 845 g/mol. The molecule has 0 aliphatic carbocycles. The smallest absolute Gasteiger partial charge is 0.0542 e. The van der Waals surface area contributed by atoms with Gasteiger partial charge in [-0.2, -0.15) is 0 Å². The molecule has 0 saturated carbocycles. The average molecular weight is 901 g/mol. The summed E-state index contributed by atoms with van der Waals surface area (Å²) in [6.45, 7) is 14.0. The van der Waals surface area contributed by atoms with Crippen LogP contribution in [-0.2, 0) is 10.8 Å². The van der Waals surface area contributed by atoms with E-state index in [1.807, 2.05) is 0 Å². The molecule has 1 heterocycles. The maximum absolute atomic E-state index is 2.53. The fourth-order valence-corrected chi connectivity index (χ4v) is 10.9. The standard InChI is InChI=1S/C68H56N2/c1-67(2,3)48-41-47(42-49(43-48)68(4,5)6)53-30-18-22-46-23-19-33-60(66(46)53)58-28-13-16-35-63(58)70(51-38-40-65-61(44-51)59-29-14-17-36-64(59)69(65)50-24-8-7-9-25-50)62-34-15-12-27-57(62)55-32-20-31-54-52-26-11-10-21-45(52)37-39-56(54)55/h7-44H,1-6H3. The minimum Gasteiger partial charge on any atom is -0.309 e. The number of hydrogen-bond donors (Lipinski definition) is 0. The Labute approximate surface area is 411 Å². The van der Waals surface area contributed by atoms with Crippen LogP contribution in [0.3, 0.4) is 0 Å². The molecule has 12 rings (SSSR count). The first-order valence-corrected chi connectivity index (χ1v) is 24.7. The molecule has 11 aromatic carbocycles. The van der Waals surface area contributed by atoms with E-state index in [1.165, 1.54) is 87.5 Å². The first-order chi connectivity index (χ1) is 34.0. The molecule has 338 valence electrons. The molecule has 0 unspecified atom stereocenters. The first kappa shape index (κ1) is 43.1. The molecular formula is C68H56N2. The van der Waals surface area contributed by atoms with Gasteiger partial charge in [0.15, 0.2) is 0 Å². The van der Waals surface area contributed by atoms with Crippen LogP contribution in [-0.4, -0.2) is 4.57 Å². The second-order valence-corrected chi connectivity index (χ2v) is 21.0. The van der Waals surface area contributed by atoms with E-state index in [4.69, 9.17) is 0 Å². The molecule has 70 heavy (non-hydrogen) atoms. The topological polar surface area (TPSA) is 8.17 Å². The molecule has 0 fully saturated rings. The van der Waals surface area contributed by atoms with Gasteiger partial charge >= 0.3 is 0 Å². The van der Waals surface area contributed by atoms with Gasteiger partial charge in [-0.3, -0.25) is 0 Å². The van der Waals surface area contributed by atoms with E-state index in [1.54, 1.807) is 0 Å². The number of aromatic nitrogens is 1. The molecule has 0 spiro atoms. The predicted octanol–water partition coefficient (Wildman–Crippen LogP) is 19.3. The summed E-state index contributed by atoms with van der Waals surface area (Å²) < 4.78 is 2.40. The van der Waals surface area contributed by atoms with E-state index >= 15 is 0 Å². The van der Waals surface area contributed by atoms with Crippen molar-refractivity contribution in [3.05, 3.63) is 242 Å². The minimum atomic E-state index is -0.0183. The molecule has 0 radical (unpaired) electrons. The molecule has 0 aliphatic rings.